The van der Waals surface area contributed by atoms with Gasteiger partial charge in [-0.15, -0.1) is 0 Å². The fourth-order valence-electron chi connectivity index (χ4n) is 10.1. The van der Waals surface area contributed by atoms with Crippen LogP contribution in [0.3, 0.4) is 0 Å². The van der Waals surface area contributed by atoms with Gasteiger partial charge < -0.3 is 14.4 Å². The fraction of sp³-hybridized carbons (Fsp3) is 0.0167. The minimum Gasteiger partial charge on any atom is -0.354 e. The standard InChI is InChI=1S/C60H40N6/c1-37-42-26-14-16-28-52(42)66-53-29-17-15-27-44(53)64-59(60(37)66)43-36-51-56(40-22-10-4-11-23-40)49-33-32-47(62-49)54(38-18-6-2-7-19-38)45-30-31-46(61-45)55(39-20-8-3-9-21-39)48-34-35-50(63-48)57(58(43)65-51)41-24-12-5-13-25-41/h2-36,62-63H,1H3. The molecule has 6 aromatic carbocycles. The van der Waals surface area contributed by atoms with Crippen LogP contribution in [0.15, 0.2) is 194 Å². The van der Waals surface area contributed by atoms with E-state index in [9.17, 15) is 0 Å². The van der Waals surface area contributed by atoms with E-state index in [2.05, 4.69) is 234 Å². The molecule has 13 rings (SSSR count). The van der Waals surface area contributed by atoms with Crippen molar-refractivity contribution in [2.45, 2.75) is 6.92 Å². The topological polar surface area (TPSA) is 74.7 Å². The van der Waals surface area contributed by atoms with Crippen LogP contribution in [0.25, 0.3) is 118 Å². The van der Waals surface area contributed by atoms with Crippen LogP contribution in [0.5, 0.6) is 0 Å². The average molecular weight is 845 g/mol. The molecule has 2 N–H and O–H groups in total. The normalized spacial score (nSPS) is 12.3. The van der Waals surface area contributed by atoms with Crippen LogP contribution in [-0.4, -0.2) is 29.3 Å². The molecule has 0 spiro atoms. The van der Waals surface area contributed by atoms with Crippen LogP contribution in [0, 0.1) is 6.92 Å². The molecule has 0 unspecified atom stereocenters. The molecule has 0 atom stereocenters. The Hall–Kier alpha value is -8.87. The average Bonchev–Trinajstić information content (AvgIpc) is 4.24. The summed E-state index contributed by atoms with van der Waals surface area (Å²) in [5.41, 5.74) is 22.6. The summed E-state index contributed by atoms with van der Waals surface area (Å²) >= 11 is 0. The fourth-order valence-corrected chi connectivity index (χ4v) is 10.1. The van der Waals surface area contributed by atoms with E-state index >= 15 is 0 Å². The highest BCUT2D eigenvalue weighted by molar-refractivity contribution is 6.10. The first-order valence-corrected chi connectivity index (χ1v) is 22.4. The van der Waals surface area contributed by atoms with Crippen LogP contribution in [-0.2, 0) is 0 Å². The third-order valence-electron chi connectivity index (χ3n) is 13.1. The highest BCUT2D eigenvalue weighted by Gasteiger charge is 2.27. The van der Waals surface area contributed by atoms with Gasteiger partial charge in [-0.05, 0) is 95.4 Å². The summed E-state index contributed by atoms with van der Waals surface area (Å²) in [5.74, 6) is 0. The lowest BCUT2D eigenvalue weighted by Gasteiger charge is -2.13. The number of nitrogens with one attached hydrogen (secondary N) is 2. The van der Waals surface area contributed by atoms with E-state index < -0.39 is 0 Å². The first-order chi connectivity index (χ1) is 32.7. The van der Waals surface area contributed by atoms with Crippen LogP contribution < -0.4 is 0 Å². The van der Waals surface area contributed by atoms with Crippen molar-refractivity contribution in [3.05, 3.63) is 228 Å². The van der Waals surface area contributed by atoms with Gasteiger partial charge in [-0.2, -0.15) is 0 Å². The quantitative estimate of drug-likeness (QED) is 0.181. The Labute approximate surface area is 380 Å². The second-order valence-electron chi connectivity index (χ2n) is 16.9. The maximum absolute atomic E-state index is 5.85. The lowest BCUT2D eigenvalue weighted by Crippen LogP contribution is -2.00. The first kappa shape index (κ1) is 37.7. The highest BCUT2D eigenvalue weighted by atomic mass is 15.0. The van der Waals surface area contributed by atoms with Crippen molar-refractivity contribution >= 4 is 73.3 Å². The predicted molar refractivity (Wildman–Crippen MR) is 274 cm³/mol. The van der Waals surface area contributed by atoms with Crippen LogP contribution >= 0.6 is 0 Å². The van der Waals surface area contributed by atoms with Crippen molar-refractivity contribution in [3.63, 3.8) is 0 Å². The molecule has 66 heavy (non-hydrogen) atoms. The Morgan fingerprint density at radius 1 is 0.379 bits per heavy atom. The maximum atomic E-state index is 5.85. The van der Waals surface area contributed by atoms with E-state index in [1.165, 1.54) is 10.9 Å². The van der Waals surface area contributed by atoms with Crippen molar-refractivity contribution < 1.29 is 0 Å². The van der Waals surface area contributed by atoms with Crippen molar-refractivity contribution in [2.75, 3.05) is 0 Å². The molecule has 310 valence electrons. The molecular weight excluding hydrogens is 805 g/mol. The Bertz CT molecular complexity index is 3970. The summed E-state index contributed by atoms with van der Waals surface area (Å²) in [6.07, 6.45) is 6.56. The minimum atomic E-state index is 0.831. The molecular formula is C60H40N6. The number of para-hydroxylation sites is 3. The van der Waals surface area contributed by atoms with Gasteiger partial charge >= 0.3 is 0 Å². The number of hydrogen-bond acceptors (Lipinski definition) is 3. The van der Waals surface area contributed by atoms with Crippen molar-refractivity contribution in [1.29, 1.82) is 0 Å². The van der Waals surface area contributed by atoms with E-state index in [1.54, 1.807) is 0 Å². The van der Waals surface area contributed by atoms with E-state index in [-0.39, 0.29) is 0 Å². The number of H-pyrrole nitrogens is 2. The largest absolute Gasteiger partial charge is 0.354 e. The monoisotopic (exact) mass is 844 g/mol. The summed E-state index contributed by atoms with van der Waals surface area (Å²) in [4.78, 5) is 24.8. The van der Waals surface area contributed by atoms with E-state index in [4.69, 9.17) is 15.0 Å². The number of nitrogens with zero attached hydrogens (tertiary/aromatic N) is 4. The summed E-state index contributed by atoms with van der Waals surface area (Å²) in [6.45, 7) is 2.22. The minimum absolute atomic E-state index is 0.831. The van der Waals surface area contributed by atoms with Crippen LogP contribution in [0.1, 0.15) is 34.0 Å². The third-order valence-corrected chi connectivity index (χ3v) is 13.1. The number of hydrogen-bond donors (Lipinski definition) is 2. The lowest BCUT2D eigenvalue weighted by molar-refractivity contribution is 1.22. The zero-order valence-corrected chi connectivity index (χ0v) is 36.0. The maximum Gasteiger partial charge on any atom is 0.0976 e. The number of fused-ring (bicyclic) bond motifs is 13. The zero-order chi connectivity index (χ0) is 43.7. The summed E-state index contributed by atoms with van der Waals surface area (Å²) < 4.78 is 2.39. The first-order valence-electron chi connectivity index (χ1n) is 22.4. The molecule has 11 aromatic rings. The molecule has 0 fully saturated rings. The Kier molecular flexibility index (Phi) is 8.64. The third kappa shape index (κ3) is 6.00. The van der Waals surface area contributed by atoms with Gasteiger partial charge in [0.2, 0.25) is 0 Å². The molecule has 0 radical (unpaired) electrons. The second kappa shape index (κ2) is 15.1. The van der Waals surface area contributed by atoms with Crippen molar-refractivity contribution in [1.82, 2.24) is 29.3 Å². The molecule has 2 aliphatic rings. The summed E-state index contributed by atoms with van der Waals surface area (Å²) in [6, 6.07) is 68.2. The van der Waals surface area contributed by atoms with Gasteiger partial charge in [0.05, 0.1) is 50.5 Å². The molecule has 5 aromatic heterocycles. The molecule has 6 nitrogen and oxygen atoms in total. The molecule has 0 amide bonds. The van der Waals surface area contributed by atoms with Gasteiger partial charge in [-0.1, -0.05) is 152 Å². The SMILES string of the molecule is Cc1c2ccccc2n2c1c(C1=Cc3nc1c(-c1ccccc1)c1ccc([nH]1)c(-c1ccccc1)c1nc(c(-c4ccccc4)c4ccc([nH]4)c3-c3ccccc3)C=C1)nc1ccccc12. The van der Waals surface area contributed by atoms with E-state index in [1.807, 2.05) is 0 Å². The molecule has 6 heteroatoms. The molecule has 7 heterocycles. The summed E-state index contributed by atoms with van der Waals surface area (Å²) in [7, 11) is 0. The molecule has 2 aliphatic heterocycles. The number of rotatable bonds is 5. The van der Waals surface area contributed by atoms with Gasteiger partial charge in [0.25, 0.3) is 0 Å². The van der Waals surface area contributed by atoms with Crippen LogP contribution in [0.4, 0.5) is 0 Å². The Morgan fingerprint density at radius 3 is 1.36 bits per heavy atom. The van der Waals surface area contributed by atoms with Crippen LogP contribution in [0.2, 0.25) is 0 Å². The number of benzene rings is 6. The molecule has 0 saturated carbocycles. The van der Waals surface area contributed by atoms with E-state index in [0.717, 1.165) is 123 Å². The number of aromatic nitrogens is 6. The molecule has 8 bridgehead atoms. The second-order valence-corrected chi connectivity index (χ2v) is 16.9. The Balaban J connectivity index is 1.26. The molecule has 0 aliphatic carbocycles. The highest BCUT2D eigenvalue weighted by Crippen LogP contribution is 2.44. The van der Waals surface area contributed by atoms with Crippen molar-refractivity contribution in [3.8, 4) is 44.5 Å². The smallest absolute Gasteiger partial charge is 0.0976 e. The zero-order valence-electron chi connectivity index (χ0n) is 36.0. The lowest BCUT2D eigenvalue weighted by atomic mass is 9.96. The van der Waals surface area contributed by atoms with Gasteiger partial charge in [0, 0.05) is 55.3 Å². The number of aryl methyl sites for hydroxylation is 1. The predicted octanol–water partition coefficient (Wildman–Crippen LogP) is 15.0. The van der Waals surface area contributed by atoms with Gasteiger partial charge in [-0.25, -0.2) is 15.0 Å². The van der Waals surface area contributed by atoms with E-state index in [0.29, 0.717) is 0 Å². The Morgan fingerprint density at radius 2 is 0.818 bits per heavy atom. The van der Waals surface area contributed by atoms with Gasteiger partial charge in [-0.3, -0.25) is 0 Å². The van der Waals surface area contributed by atoms with Crippen molar-refractivity contribution in [2.24, 2.45) is 0 Å². The summed E-state index contributed by atoms with van der Waals surface area (Å²) in [5, 5.41) is 1.19. The van der Waals surface area contributed by atoms with Gasteiger partial charge in [0.1, 0.15) is 0 Å². The molecule has 0 saturated heterocycles. The number of aromatic amines is 2. The van der Waals surface area contributed by atoms with Gasteiger partial charge in [0.15, 0.2) is 0 Å².